The van der Waals surface area contributed by atoms with Crippen molar-refractivity contribution in [3.63, 3.8) is 0 Å². The lowest BCUT2D eigenvalue weighted by atomic mass is 9.90. The lowest BCUT2D eigenvalue weighted by Crippen LogP contribution is -2.52. The molecule has 3 aliphatic rings. The summed E-state index contributed by atoms with van der Waals surface area (Å²) in [5.74, 6) is 0.549. The van der Waals surface area contributed by atoms with Crippen molar-refractivity contribution in [2.45, 2.75) is 38.5 Å². The van der Waals surface area contributed by atoms with Crippen LogP contribution < -0.4 is 5.32 Å². The monoisotopic (exact) mass is 327 g/mol. The van der Waals surface area contributed by atoms with Crippen molar-refractivity contribution in [1.82, 2.24) is 9.80 Å². The normalized spacial score (nSPS) is 20.5. The number of nitrogens with zero attached hydrogens (tertiary/aromatic N) is 2. The van der Waals surface area contributed by atoms with Gasteiger partial charge in [0.15, 0.2) is 0 Å². The Morgan fingerprint density at radius 3 is 2.42 bits per heavy atom. The van der Waals surface area contributed by atoms with Crippen molar-refractivity contribution in [2.24, 2.45) is 5.92 Å². The van der Waals surface area contributed by atoms with Crippen molar-refractivity contribution in [3.05, 3.63) is 29.3 Å². The summed E-state index contributed by atoms with van der Waals surface area (Å²) in [5, 5.41) is 3.10. The highest BCUT2D eigenvalue weighted by Gasteiger charge is 2.35. The molecular formula is C19H25N3O2. The van der Waals surface area contributed by atoms with Gasteiger partial charge in [-0.05, 0) is 55.7 Å². The third-order valence-corrected chi connectivity index (χ3v) is 5.44. The Kier molecular flexibility index (Phi) is 4.17. The average molecular weight is 327 g/mol. The van der Waals surface area contributed by atoms with Crippen LogP contribution in [0.15, 0.2) is 18.2 Å². The second-order valence-corrected chi connectivity index (χ2v) is 7.17. The van der Waals surface area contributed by atoms with E-state index in [-0.39, 0.29) is 17.9 Å². The van der Waals surface area contributed by atoms with Crippen LogP contribution in [0.2, 0.25) is 0 Å². The fourth-order valence-electron chi connectivity index (χ4n) is 3.81. The SMILES string of the molecule is O=C(Nc1cccc2c1CCCC2)N1CCN(C(=O)C2CC2)CC1. The van der Waals surface area contributed by atoms with E-state index in [0.717, 1.165) is 31.4 Å². The van der Waals surface area contributed by atoms with Crippen LogP contribution in [-0.4, -0.2) is 47.9 Å². The first-order valence-electron chi connectivity index (χ1n) is 9.18. The van der Waals surface area contributed by atoms with Gasteiger partial charge in [-0.3, -0.25) is 4.79 Å². The highest BCUT2D eigenvalue weighted by atomic mass is 16.2. The van der Waals surface area contributed by atoms with Crippen LogP contribution in [0.4, 0.5) is 10.5 Å². The van der Waals surface area contributed by atoms with Crippen LogP contribution in [0.1, 0.15) is 36.8 Å². The van der Waals surface area contributed by atoms with Crippen LogP contribution in [0.3, 0.4) is 0 Å². The predicted molar refractivity (Wildman–Crippen MR) is 93.0 cm³/mol. The number of fused-ring (bicyclic) bond motifs is 1. The molecule has 2 fully saturated rings. The molecule has 3 amide bonds. The molecule has 5 nitrogen and oxygen atoms in total. The second-order valence-electron chi connectivity index (χ2n) is 7.17. The smallest absolute Gasteiger partial charge is 0.321 e. The van der Waals surface area contributed by atoms with E-state index in [4.69, 9.17) is 0 Å². The largest absolute Gasteiger partial charge is 0.339 e. The Morgan fingerprint density at radius 1 is 0.958 bits per heavy atom. The third kappa shape index (κ3) is 3.12. The van der Waals surface area contributed by atoms with Gasteiger partial charge in [0.2, 0.25) is 5.91 Å². The van der Waals surface area contributed by atoms with Gasteiger partial charge in [0.25, 0.3) is 0 Å². The maximum absolute atomic E-state index is 12.6. The summed E-state index contributed by atoms with van der Waals surface area (Å²) in [5.41, 5.74) is 3.65. The number of hydrogen-bond acceptors (Lipinski definition) is 2. The number of hydrogen-bond donors (Lipinski definition) is 1. The summed E-state index contributed by atoms with van der Waals surface area (Å²) in [4.78, 5) is 28.4. The molecule has 1 heterocycles. The predicted octanol–water partition coefficient (Wildman–Crippen LogP) is 2.65. The number of piperazine rings is 1. The van der Waals surface area contributed by atoms with Gasteiger partial charge in [0.1, 0.15) is 0 Å². The molecule has 0 bridgehead atoms. The number of carbonyl (C=O) groups excluding carboxylic acids is 2. The van der Waals surface area contributed by atoms with Crippen molar-refractivity contribution < 1.29 is 9.59 Å². The van der Waals surface area contributed by atoms with Gasteiger partial charge in [-0.2, -0.15) is 0 Å². The lowest BCUT2D eigenvalue weighted by Gasteiger charge is -2.35. The molecule has 24 heavy (non-hydrogen) atoms. The zero-order chi connectivity index (χ0) is 16.5. The summed E-state index contributed by atoms with van der Waals surface area (Å²) >= 11 is 0. The van der Waals surface area contributed by atoms with Gasteiger partial charge >= 0.3 is 6.03 Å². The molecule has 1 aliphatic heterocycles. The minimum absolute atomic E-state index is 0.0347. The average Bonchev–Trinajstić information content (AvgIpc) is 3.47. The summed E-state index contributed by atoms with van der Waals surface area (Å²) in [7, 11) is 0. The molecule has 0 spiro atoms. The summed E-state index contributed by atoms with van der Waals surface area (Å²) in [6.45, 7) is 2.57. The molecule has 0 aromatic heterocycles. The first-order chi connectivity index (χ1) is 11.7. The highest BCUT2D eigenvalue weighted by molar-refractivity contribution is 5.90. The zero-order valence-corrected chi connectivity index (χ0v) is 14.1. The highest BCUT2D eigenvalue weighted by Crippen LogP contribution is 2.31. The molecule has 128 valence electrons. The van der Waals surface area contributed by atoms with E-state index in [1.807, 2.05) is 21.9 Å². The van der Waals surface area contributed by atoms with E-state index in [1.54, 1.807) is 0 Å². The van der Waals surface area contributed by atoms with Crippen molar-refractivity contribution in [3.8, 4) is 0 Å². The zero-order valence-electron chi connectivity index (χ0n) is 14.1. The molecule has 1 saturated carbocycles. The van der Waals surface area contributed by atoms with Crippen molar-refractivity contribution in [2.75, 3.05) is 31.5 Å². The van der Waals surface area contributed by atoms with Gasteiger partial charge in [-0.1, -0.05) is 12.1 Å². The lowest BCUT2D eigenvalue weighted by molar-refractivity contribution is -0.133. The summed E-state index contributed by atoms with van der Waals surface area (Å²) in [6.07, 6.45) is 6.68. The Morgan fingerprint density at radius 2 is 1.67 bits per heavy atom. The van der Waals surface area contributed by atoms with E-state index >= 15 is 0 Å². The molecular weight excluding hydrogens is 302 g/mol. The quantitative estimate of drug-likeness (QED) is 0.908. The van der Waals surface area contributed by atoms with Gasteiger partial charge in [0.05, 0.1) is 0 Å². The van der Waals surface area contributed by atoms with E-state index in [2.05, 4.69) is 11.4 Å². The number of rotatable bonds is 2. The van der Waals surface area contributed by atoms with Crippen molar-refractivity contribution >= 4 is 17.6 Å². The summed E-state index contributed by atoms with van der Waals surface area (Å²) < 4.78 is 0. The topological polar surface area (TPSA) is 52.7 Å². The molecule has 1 aromatic carbocycles. The first kappa shape index (κ1) is 15.5. The van der Waals surface area contributed by atoms with Crippen molar-refractivity contribution in [1.29, 1.82) is 0 Å². The van der Waals surface area contributed by atoms with Gasteiger partial charge in [-0.15, -0.1) is 0 Å². The Hall–Kier alpha value is -2.04. The number of amides is 3. The van der Waals surface area contributed by atoms with Crippen LogP contribution in [-0.2, 0) is 17.6 Å². The van der Waals surface area contributed by atoms with Crippen LogP contribution in [0.25, 0.3) is 0 Å². The molecule has 0 unspecified atom stereocenters. The van der Waals surface area contributed by atoms with E-state index in [1.165, 1.54) is 24.0 Å². The molecule has 1 saturated heterocycles. The van der Waals surface area contributed by atoms with E-state index < -0.39 is 0 Å². The van der Waals surface area contributed by atoms with Crippen LogP contribution in [0.5, 0.6) is 0 Å². The standard InChI is InChI=1S/C19H25N3O2/c23-18(15-8-9-15)21-10-12-22(13-11-21)19(24)20-17-7-3-5-14-4-1-2-6-16(14)17/h3,5,7,15H,1-2,4,6,8-13H2,(H,20,24). The van der Waals surface area contributed by atoms with Gasteiger partial charge < -0.3 is 15.1 Å². The Labute approximate surface area is 143 Å². The first-order valence-corrected chi connectivity index (χ1v) is 9.18. The molecule has 0 radical (unpaired) electrons. The van der Waals surface area contributed by atoms with Crippen LogP contribution in [0, 0.1) is 5.92 Å². The molecule has 1 aromatic rings. The maximum Gasteiger partial charge on any atom is 0.321 e. The molecule has 2 aliphatic carbocycles. The van der Waals surface area contributed by atoms with Crippen LogP contribution >= 0.6 is 0 Å². The van der Waals surface area contributed by atoms with Gasteiger partial charge in [-0.25, -0.2) is 4.79 Å². The second kappa shape index (κ2) is 6.46. The number of urea groups is 1. The number of anilines is 1. The molecule has 5 heteroatoms. The van der Waals surface area contributed by atoms with Gasteiger partial charge in [0, 0.05) is 37.8 Å². The fraction of sp³-hybridized carbons (Fsp3) is 0.579. The number of benzene rings is 1. The number of aryl methyl sites for hydroxylation is 1. The Bertz CT molecular complexity index is 646. The summed E-state index contributed by atoms with van der Waals surface area (Å²) in [6, 6.07) is 6.18. The third-order valence-electron chi connectivity index (χ3n) is 5.44. The molecule has 0 atom stereocenters. The maximum atomic E-state index is 12.6. The van der Waals surface area contributed by atoms with E-state index in [0.29, 0.717) is 26.2 Å². The minimum atomic E-state index is -0.0347. The minimum Gasteiger partial charge on any atom is -0.339 e. The number of nitrogens with one attached hydrogen (secondary N) is 1. The molecule has 4 rings (SSSR count). The fourth-order valence-corrected chi connectivity index (χ4v) is 3.81. The number of carbonyl (C=O) groups is 2. The van der Waals surface area contributed by atoms with E-state index in [9.17, 15) is 9.59 Å². The molecule has 1 N–H and O–H groups in total. The Balaban J connectivity index is 1.36.